The van der Waals surface area contributed by atoms with Crippen molar-refractivity contribution in [2.75, 3.05) is 5.32 Å². The molecule has 0 radical (unpaired) electrons. The van der Waals surface area contributed by atoms with E-state index in [0.29, 0.717) is 28.1 Å². The minimum absolute atomic E-state index is 0.153. The molecule has 0 aliphatic carbocycles. The summed E-state index contributed by atoms with van der Waals surface area (Å²) in [5, 5.41) is 16.8. The van der Waals surface area contributed by atoms with Gasteiger partial charge in [-0.15, -0.1) is 15.3 Å². The molecule has 0 amide bonds. The Morgan fingerprint density at radius 1 is 1.04 bits per heavy atom. The summed E-state index contributed by atoms with van der Waals surface area (Å²) >= 11 is 12.0. The fraction of sp³-hybridized carbons (Fsp3) is 0.0588. The van der Waals surface area contributed by atoms with Crippen LogP contribution in [0.15, 0.2) is 54.7 Å². The van der Waals surface area contributed by atoms with Crippen LogP contribution in [0.5, 0.6) is 5.75 Å². The molecule has 7 nitrogen and oxygen atoms in total. The van der Waals surface area contributed by atoms with Crippen LogP contribution < -0.4 is 10.1 Å². The average Bonchev–Trinajstić information content (AvgIpc) is 3.03. The molecule has 1 aromatic carbocycles. The van der Waals surface area contributed by atoms with E-state index >= 15 is 0 Å². The predicted molar refractivity (Wildman–Crippen MR) is 99.1 cm³/mol. The molecule has 0 spiro atoms. The van der Waals surface area contributed by atoms with E-state index < -0.39 is 0 Å². The fourth-order valence-electron chi connectivity index (χ4n) is 2.33. The van der Waals surface area contributed by atoms with Gasteiger partial charge in [0.1, 0.15) is 6.61 Å². The average molecular weight is 387 g/mol. The topological polar surface area (TPSA) is 77.2 Å². The maximum Gasteiger partial charge on any atom is 0.192 e. The van der Waals surface area contributed by atoms with Crippen molar-refractivity contribution in [1.29, 1.82) is 0 Å². The van der Waals surface area contributed by atoms with Crippen LogP contribution in [0.1, 0.15) is 5.82 Å². The van der Waals surface area contributed by atoms with Crippen molar-refractivity contribution in [3.63, 3.8) is 0 Å². The first-order chi connectivity index (χ1) is 12.7. The lowest BCUT2D eigenvalue weighted by Gasteiger charge is -2.08. The molecule has 0 saturated carbocycles. The fourth-order valence-corrected chi connectivity index (χ4v) is 2.69. The lowest BCUT2D eigenvalue weighted by molar-refractivity contribution is 0.292. The Morgan fingerprint density at radius 3 is 2.81 bits per heavy atom. The highest BCUT2D eigenvalue weighted by Crippen LogP contribution is 2.22. The second kappa shape index (κ2) is 7.15. The van der Waals surface area contributed by atoms with Gasteiger partial charge in [-0.2, -0.15) is 4.52 Å². The number of fused-ring (bicyclic) bond motifs is 1. The van der Waals surface area contributed by atoms with E-state index in [1.165, 1.54) is 0 Å². The van der Waals surface area contributed by atoms with Crippen molar-refractivity contribution in [3.8, 4) is 5.75 Å². The quantitative estimate of drug-likeness (QED) is 0.519. The molecule has 0 unspecified atom stereocenters. The summed E-state index contributed by atoms with van der Waals surface area (Å²) in [7, 11) is 0. The van der Waals surface area contributed by atoms with Gasteiger partial charge in [-0.1, -0.05) is 29.3 Å². The third-order valence-electron chi connectivity index (χ3n) is 3.51. The van der Waals surface area contributed by atoms with Crippen molar-refractivity contribution in [3.05, 3.63) is 70.7 Å². The third-order valence-corrected chi connectivity index (χ3v) is 4.03. The van der Waals surface area contributed by atoms with E-state index in [9.17, 15) is 0 Å². The second-order valence-electron chi connectivity index (χ2n) is 5.32. The molecule has 9 heteroatoms. The van der Waals surface area contributed by atoms with Crippen molar-refractivity contribution in [2.45, 2.75) is 6.61 Å². The summed E-state index contributed by atoms with van der Waals surface area (Å²) in [4.78, 5) is 3.97. The molecule has 3 heterocycles. The SMILES string of the molecule is Clc1cccc(Nc2ccc3nnc(COc4cccnc4Cl)n3n2)c1. The molecular formula is C17H12Cl2N6O. The first-order valence-corrected chi connectivity index (χ1v) is 8.42. The highest BCUT2D eigenvalue weighted by molar-refractivity contribution is 6.31. The number of hydrogen-bond acceptors (Lipinski definition) is 6. The van der Waals surface area contributed by atoms with Crippen LogP contribution >= 0.6 is 23.2 Å². The van der Waals surface area contributed by atoms with Gasteiger partial charge in [0.05, 0.1) is 0 Å². The Morgan fingerprint density at radius 2 is 1.96 bits per heavy atom. The molecule has 0 bridgehead atoms. The van der Waals surface area contributed by atoms with Crippen molar-refractivity contribution < 1.29 is 4.74 Å². The van der Waals surface area contributed by atoms with Gasteiger partial charge in [-0.05, 0) is 42.5 Å². The first kappa shape index (κ1) is 16.6. The molecule has 1 N–H and O–H groups in total. The number of hydrogen-bond donors (Lipinski definition) is 1. The zero-order valence-electron chi connectivity index (χ0n) is 13.3. The number of pyridine rings is 1. The Hall–Kier alpha value is -2.90. The third kappa shape index (κ3) is 3.54. The van der Waals surface area contributed by atoms with E-state index in [-0.39, 0.29) is 11.8 Å². The van der Waals surface area contributed by atoms with Crippen LogP contribution in [0.4, 0.5) is 11.5 Å². The molecule has 4 rings (SSSR count). The van der Waals surface area contributed by atoms with Crippen molar-refractivity contribution in [2.24, 2.45) is 0 Å². The van der Waals surface area contributed by atoms with Crippen LogP contribution in [0, 0.1) is 0 Å². The lowest BCUT2D eigenvalue weighted by atomic mass is 10.3. The van der Waals surface area contributed by atoms with Crippen LogP contribution in [0.25, 0.3) is 5.65 Å². The highest BCUT2D eigenvalue weighted by atomic mass is 35.5. The molecule has 26 heavy (non-hydrogen) atoms. The van der Waals surface area contributed by atoms with Crippen LogP contribution in [-0.2, 0) is 6.61 Å². The van der Waals surface area contributed by atoms with Crippen LogP contribution in [0.3, 0.4) is 0 Å². The van der Waals surface area contributed by atoms with E-state index in [2.05, 4.69) is 25.6 Å². The van der Waals surface area contributed by atoms with E-state index in [1.54, 1.807) is 22.8 Å². The lowest BCUT2D eigenvalue weighted by Crippen LogP contribution is -2.06. The summed E-state index contributed by atoms with van der Waals surface area (Å²) in [5.41, 5.74) is 1.44. The monoisotopic (exact) mass is 386 g/mol. The first-order valence-electron chi connectivity index (χ1n) is 7.66. The Kier molecular flexibility index (Phi) is 4.55. The Balaban J connectivity index is 1.57. The Labute approximate surface area is 158 Å². The minimum atomic E-state index is 0.153. The molecule has 0 fully saturated rings. The Bertz CT molecular complexity index is 1070. The molecular weight excluding hydrogens is 375 g/mol. The molecule has 0 atom stereocenters. The molecule has 0 saturated heterocycles. The smallest absolute Gasteiger partial charge is 0.192 e. The number of rotatable bonds is 5. The number of aromatic nitrogens is 5. The second-order valence-corrected chi connectivity index (χ2v) is 6.12. The summed E-state index contributed by atoms with van der Waals surface area (Å²) in [6.07, 6.45) is 1.59. The van der Waals surface area contributed by atoms with E-state index in [0.717, 1.165) is 5.69 Å². The number of nitrogens with one attached hydrogen (secondary N) is 1. The van der Waals surface area contributed by atoms with Gasteiger partial charge in [-0.25, -0.2) is 4.98 Å². The van der Waals surface area contributed by atoms with Gasteiger partial charge < -0.3 is 10.1 Å². The summed E-state index contributed by atoms with van der Waals surface area (Å²) < 4.78 is 7.28. The number of anilines is 2. The summed E-state index contributed by atoms with van der Waals surface area (Å²) in [6.45, 7) is 0.153. The van der Waals surface area contributed by atoms with E-state index in [1.807, 2.05) is 36.4 Å². The van der Waals surface area contributed by atoms with Crippen LogP contribution in [0.2, 0.25) is 10.2 Å². The number of nitrogens with zero attached hydrogens (tertiary/aromatic N) is 5. The van der Waals surface area contributed by atoms with Crippen molar-refractivity contribution in [1.82, 2.24) is 24.8 Å². The van der Waals surface area contributed by atoms with Gasteiger partial charge in [0.2, 0.25) is 0 Å². The zero-order chi connectivity index (χ0) is 17.9. The maximum atomic E-state index is 6.01. The molecule has 4 aromatic rings. The number of halogens is 2. The summed E-state index contributed by atoms with van der Waals surface area (Å²) in [6, 6.07) is 14.5. The zero-order valence-corrected chi connectivity index (χ0v) is 14.8. The minimum Gasteiger partial charge on any atom is -0.482 e. The standard InChI is InChI=1S/C17H12Cl2N6O/c18-11-3-1-4-12(9-11)21-14-6-7-15-22-23-16(25(15)24-14)10-26-13-5-2-8-20-17(13)19/h1-9H,10H2,(H,21,24). The summed E-state index contributed by atoms with van der Waals surface area (Å²) in [5.74, 6) is 1.63. The molecule has 3 aromatic heterocycles. The molecule has 130 valence electrons. The molecule has 0 aliphatic heterocycles. The predicted octanol–water partition coefficient (Wildman–Crippen LogP) is 4.15. The normalized spacial score (nSPS) is 10.8. The van der Waals surface area contributed by atoms with Crippen molar-refractivity contribution >= 4 is 40.4 Å². The van der Waals surface area contributed by atoms with Gasteiger partial charge in [0.15, 0.2) is 28.2 Å². The molecule has 0 aliphatic rings. The highest BCUT2D eigenvalue weighted by Gasteiger charge is 2.10. The van der Waals surface area contributed by atoms with Gasteiger partial charge >= 0.3 is 0 Å². The maximum absolute atomic E-state index is 6.01. The van der Waals surface area contributed by atoms with E-state index in [4.69, 9.17) is 27.9 Å². The van der Waals surface area contributed by atoms with Gasteiger partial charge in [-0.3, -0.25) is 0 Å². The van der Waals surface area contributed by atoms with Crippen LogP contribution in [-0.4, -0.2) is 24.8 Å². The van der Waals surface area contributed by atoms with Gasteiger partial charge in [0.25, 0.3) is 0 Å². The van der Waals surface area contributed by atoms with Gasteiger partial charge in [0, 0.05) is 16.9 Å². The largest absolute Gasteiger partial charge is 0.482 e. The number of ether oxygens (including phenoxy) is 1. The number of benzene rings is 1.